The van der Waals surface area contributed by atoms with Gasteiger partial charge in [-0.1, -0.05) is 47.5 Å². The minimum Gasteiger partial charge on any atom is -0.332 e. The summed E-state index contributed by atoms with van der Waals surface area (Å²) >= 11 is 17.3. The van der Waals surface area contributed by atoms with Crippen molar-refractivity contribution >= 4 is 51.9 Å². The first-order chi connectivity index (χ1) is 9.08. The van der Waals surface area contributed by atoms with Crippen LogP contribution in [0.1, 0.15) is 5.56 Å². The normalized spacial score (nSPS) is 10.1. The minimum atomic E-state index is 0.457. The summed E-state index contributed by atoms with van der Waals surface area (Å²) in [5, 5.41) is 7.57. The molecule has 0 aliphatic carbocycles. The molecular weight excluding hydrogens is 299 g/mol. The number of aryl methyl sites for hydroxylation is 1. The van der Waals surface area contributed by atoms with Crippen LogP contribution in [0.4, 0.5) is 11.4 Å². The van der Waals surface area contributed by atoms with Gasteiger partial charge < -0.3 is 10.6 Å². The maximum Gasteiger partial charge on any atom is 0.175 e. The molecule has 0 aliphatic heterocycles. The lowest BCUT2D eigenvalue weighted by Crippen LogP contribution is -2.19. The molecule has 0 heterocycles. The van der Waals surface area contributed by atoms with E-state index in [1.54, 1.807) is 6.07 Å². The zero-order chi connectivity index (χ0) is 13.8. The first kappa shape index (κ1) is 14.1. The third kappa shape index (κ3) is 3.60. The standard InChI is InChI=1S/C14H12Cl2N2S/c1-9-5-2-3-7-11(9)17-14(19)18-12-8-4-6-10(15)13(12)16/h2-8H,1H3,(H2,17,18,19). The molecule has 0 atom stereocenters. The molecule has 98 valence electrons. The first-order valence-electron chi connectivity index (χ1n) is 5.65. The Morgan fingerprint density at radius 2 is 1.58 bits per heavy atom. The monoisotopic (exact) mass is 310 g/mol. The Bertz CT molecular complexity index is 614. The fourth-order valence-electron chi connectivity index (χ4n) is 1.59. The third-order valence-electron chi connectivity index (χ3n) is 2.59. The molecule has 0 unspecified atom stereocenters. The Morgan fingerprint density at radius 3 is 2.32 bits per heavy atom. The van der Waals surface area contributed by atoms with Gasteiger partial charge in [0, 0.05) is 5.69 Å². The fourth-order valence-corrected chi connectivity index (χ4v) is 2.16. The van der Waals surface area contributed by atoms with Gasteiger partial charge >= 0.3 is 0 Å². The van der Waals surface area contributed by atoms with Gasteiger partial charge in [0.25, 0.3) is 0 Å². The van der Waals surface area contributed by atoms with Crippen molar-refractivity contribution in [1.29, 1.82) is 0 Å². The van der Waals surface area contributed by atoms with Gasteiger partial charge in [-0.05, 0) is 42.9 Å². The van der Waals surface area contributed by atoms with E-state index < -0.39 is 0 Å². The lowest BCUT2D eigenvalue weighted by molar-refractivity contribution is 1.45. The zero-order valence-electron chi connectivity index (χ0n) is 10.2. The van der Waals surface area contributed by atoms with Gasteiger partial charge in [0.2, 0.25) is 0 Å². The van der Waals surface area contributed by atoms with Crippen molar-refractivity contribution in [3.05, 3.63) is 58.1 Å². The fraction of sp³-hybridized carbons (Fsp3) is 0.0714. The molecule has 0 aliphatic rings. The number of thiocarbonyl (C=S) groups is 1. The summed E-state index contributed by atoms with van der Waals surface area (Å²) in [5.74, 6) is 0. The van der Waals surface area contributed by atoms with Crippen molar-refractivity contribution in [3.8, 4) is 0 Å². The number of para-hydroxylation sites is 1. The molecule has 0 saturated heterocycles. The number of anilines is 2. The highest BCUT2D eigenvalue weighted by atomic mass is 35.5. The SMILES string of the molecule is Cc1ccccc1NC(=S)Nc1cccc(Cl)c1Cl. The van der Waals surface area contributed by atoms with Gasteiger partial charge in [-0.15, -0.1) is 0 Å². The van der Waals surface area contributed by atoms with Crippen LogP contribution in [0.2, 0.25) is 10.0 Å². The van der Waals surface area contributed by atoms with Crippen LogP contribution in [0.15, 0.2) is 42.5 Å². The van der Waals surface area contributed by atoms with E-state index in [0.717, 1.165) is 11.3 Å². The van der Waals surface area contributed by atoms with Crippen LogP contribution >= 0.6 is 35.4 Å². The van der Waals surface area contributed by atoms with Crippen LogP contribution in [0.5, 0.6) is 0 Å². The Kier molecular flexibility index (Phi) is 4.64. The first-order valence-corrected chi connectivity index (χ1v) is 6.82. The molecule has 2 N–H and O–H groups in total. The van der Waals surface area contributed by atoms with Crippen molar-refractivity contribution in [2.24, 2.45) is 0 Å². The van der Waals surface area contributed by atoms with Gasteiger partial charge in [-0.2, -0.15) is 0 Å². The van der Waals surface area contributed by atoms with E-state index in [2.05, 4.69) is 10.6 Å². The second-order valence-corrected chi connectivity index (χ2v) is 5.19. The average molecular weight is 311 g/mol. The van der Waals surface area contributed by atoms with Crippen molar-refractivity contribution in [3.63, 3.8) is 0 Å². The van der Waals surface area contributed by atoms with Crippen molar-refractivity contribution in [2.45, 2.75) is 6.92 Å². The number of hydrogen-bond acceptors (Lipinski definition) is 1. The smallest absolute Gasteiger partial charge is 0.175 e. The molecule has 2 rings (SSSR count). The topological polar surface area (TPSA) is 24.1 Å². The zero-order valence-corrected chi connectivity index (χ0v) is 12.5. The van der Waals surface area contributed by atoms with E-state index in [1.807, 2.05) is 43.3 Å². The highest BCUT2D eigenvalue weighted by Crippen LogP contribution is 2.29. The number of hydrogen-bond donors (Lipinski definition) is 2. The van der Waals surface area contributed by atoms with E-state index in [0.29, 0.717) is 20.8 Å². The Hall–Kier alpha value is -1.29. The highest BCUT2D eigenvalue weighted by molar-refractivity contribution is 7.80. The molecular formula is C14H12Cl2N2S. The second kappa shape index (κ2) is 6.24. The summed E-state index contributed by atoms with van der Waals surface area (Å²) in [7, 11) is 0. The molecule has 0 fully saturated rings. The number of halogens is 2. The number of nitrogens with one attached hydrogen (secondary N) is 2. The van der Waals surface area contributed by atoms with Gasteiger partial charge in [-0.3, -0.25) is 0 Å². The van der Waals surface area contributed by atoms with Crippen LogP contribution in [0.25, 0.3) is 0 Å². The van der Waals surface area contributed by atoms with Gasteiger partial charge in [0.1, 0.15) is 0 Å². The number of rotatable bonds is 2. The number of benzene rings is 2. The van der Waals surface area contributed by atoms with E-state index in [9.17, 15) is 0 Å². The molecule has 0 saturated carbocycles. The molecule has 0 spiro atoms. The Morgan fingerprint density at radius 1 is 0.947 bits per heavy atom. The third-order valence-corrected chi connectivity index (χ3v) is 3.62. The van der Waals surface area contributed by atoms with Crippen molar-refractivity contribution in [2.75, 3.05) is 10.6 Å². The predicted molar refractivity (Wildman–Crippen MR) is 87.5 cm³/mol. The van der Waals surface area contributed by atoms with Crippen LogP contribution in [0, 0.1) is 6.92 Å². The van der Waals surface area contributed by atoms with Crippen LogP contribution < -0.4 is 10.6 Å². The van der Waals surface area contributed by atoms with Gasteiger partial charge in [0.15, 0.2) is 5.11 Å². The molecule has 0 aromatic heterocycles. The quantitative estimate of drug-likeness (QED) is 0.754. The molecule has 5 heteroatoms. The Labute approximate surface area is 127 Å². The van der Waals surface area contributed by atoms with Crippen LogP contribution in [-0.4, -0.2) is 5.11 Å². The summed E-state index contributed by atoms with van der Waals surface area (Å²) in [6.07, 6.45) is 0. The Balaban J connectivity index is 2.10. The summed E-state index contributed by atoms with van der Waals surface area (Å²) in [4.78, 5) is 0. The molecule has 19 heavy (non-hydrogen) atoms. The minimum absolute atomic E-state index is 0.457. The average Bonchev–Trinajstić information content (AvgIpc) is 2.38. The van der Waals surface area contributed by atoms with E-state index in [-0.39, 0.29) is 0 Å². The van der Waals surface area contributed by atoms with E-state index in [1.165, 1.54) is 0 Å². The molecule has 0 amide bonds. The van der Waals surface area contributed by atoms with E-state index >= 15 is 0 Å². The summed E-state index contributed by atoms with van der Waals surface area (Å²) in [5.41, 5.74) is 2.75. The largest absolute Gasteiger partial charge is 0.332 e. The van der Waals surface area contributed by atoms with Crippen LogP contribution in [0.3, 0.4) is 0 Å². The van der Waals surface area contributed by atoms with Gasteiger partial charge in [-0.25, -0.2) is 0 Å². The maximum absolute atomic E-state index is 6.09. The highest BCUT2D eigenvalue weighted by Gasteiger charge is 2.06. The lowest BCUT2D eigenvalue weighted by atomic mass is 10.2. The van der Waals surface area contributed by atoms with Crippen molar-refractivity contribution in [1.82, 2.24) is 0 Å². The maximum atomic E-state index is 6.09. The molecule has 2 aromatic carbocycles. The summed E-state index contributed by atoms with van der Waals surface area (Å²) in [6, 6.07) is 13.3. The molecule has 0 radical (unpaired) electrons. The summed E-state index contributed by atoms with van der Waals surface area (Å²) < 4.78 is 0. The predicted octanol–water partition coefficient (Wildman–Crippen LogP) is 5.11. The van der Waals surface area contributed by atoms with Gasteiger partial charge in [0.05, 0.1) is 15.7 Å². The van der Waals surface area contributed by atoms with E-state index in [4.69, 9.17) is 35.4 Å². The lowest BCUT2D eigenvalue weighted by Gasteiger charge is -2.13. The van der Waals surface area contributed by atoms with Crippen LogP contribution in [-0.2, 0) is 0 Å². The molecule has 2 aromatic rings. The summed E-state index contributed by atoms with van der Waals surface area (Å²) in [6.45, 7) is 2.01. The molecule has 2 nitrogen and oxygen atoms in total. The molecule has 0 bridgehead atoms. The van der Waals surface area contributed by atoms with Crippen molar-refractivity contribution < 1.29 is 0 Å². The second-order valence-electron chi connectivity index (χ2n) is 4.00.